The van der Waals surface area contributed by atoms with Gasteiger partial charge >= 0.3 is 0 Å². The summed E-state index contributed by atoms with van der Waals surface area (Å²) in [6, 6.07) is 11.2. The molecule has 3 amide bonds. The summed E-state index contributed by atoms with van der Waals surface area (Å²) in [7, 11) is 0. The summed E-state index contributed by atoms with van der Waals surface area (Å²) in [6.07, 6.45) is 3.44. The van der Waals surface area contributed by atoms with Gasteiger partial charge in [-0.15, -0.1) is 0 Å². The topological polar surface area (TPSA) is 122 Å². The Labute approximate surface area is 191 Å². The van der Waals surface area contributed by atoms with Crippen LogP contribution in [0.1, 0.15) is 41.6 Å². The Bertz CT molecular complexity index is 1090. The standard InChI is InChI=1S/C24H26N4O5/c1-15-5-4-6-16(13-15)26-22(29)20-14-17(28(32)33)9-10-21(20)25-11-12-27-23(30)18-7-2-3-8-19(18)24(27)31/h4-6,9-10,13-14,18-19,25H,2-3,7-8,11-12H2,1H3,(H,26,29). The smallest absolute Gasteiger partial charge is 0.270 e. The van der Waals surface area contributed by atoms with Gasteiger partial charge in [0, 0.05) is 36.6 Å². The summed E-state index contributed by atoms with van der Waals surface area (Å²) < 4.78 is 0. The molecule has 9 heteroatoms. The number of hydrogen-bond donors (Lipinski definition) is 2. The van der Waals surface area contributed by atoms with Gasteiger partial charge in [0.2, 0.25) is 11.8 Å². The molecule has 2 fully saturated rings. The monoisotopic (exact) mass is 450 g/mol. The highest BCUT2D eigenvalue weighted by Crippen LogP contribution is 2.37. The van der Waals surface area contributed by atoms with Gasteiger partial charge < -0.3 is 10.6 Å². The minimum absolute atomic E-state index is 0.110. The number of rotatable bonds is 7. The molecule has 0 aromatic heterocycles. The van der Waals surface area contributed by atoms with Gasteiger partial charge in [-0.3, -0.25) is 29.4 Å². The lowest BCUT2D eigenvalue weighted by molar-refractivity contribution is -0.384. The maximum atomic E-state index is 12.9. The Morgan fingerprint density at radius 1 is 1.09 bits per heavy atom. The molecule has 172 valence electrons. The molecule has 2 aromatic carbocycles. The molecule has 0 spiro atoms. The number of imide groups is 1. The third-order valence-corrected chi connectivity index (χ3v) is 6.32. The van der Waals surface area contributed by atoms with Crippen molar-refractivity contribution in [1.82, 2.24) is 4.90 Å². The van der Waals surface area contributed by atoms with Crippen LogP contribution in [0.5, 0.6) is 0 Å². The number of carbonyl (C=O) groups excluding carboxylic acids is 3. The SMILES string of the molecule is Cc1cccc(NC(=O)c2cc([N+](=O)[O-])ccc2NCCN2C(=O)C3CCCCC3C2=O)c1. The Morgan fingerprint density at radius 3 is 2.42 bits per heavy atom. The summed E-state index contributed by atoms with van der Waals surface area (Å²) in [5, 5.41) is 17.1. The molecule has 2 unspecified atom stereocenters. The Hall–Kier alpha value is -3.75. The summed E-state index contributed by atoms with van der Waals surface area (Å²) in [5.41, 5.74) is 1.84. The van der Waals surface area contributed by atoms with Crippen LogP contribution < -0.4 is 10.6 Å². The van der Waals surface area contributed by atoms with Crippen molar-refractivity contribution in [1.29, 1.82) is 0 Å². The van der Waals surface area contributed by atoms with Gasteiger partial charge in [0.1, 0.15) is 0 Å². The van der Waals surface area contributed by atoms with Crippen LogP contribution in [-0.2, 0) is 9.59 Å². The number of amides is 3. The van der Waals surface area contributed by atoms with Crippen LogP contribution in [0.3, 0.4) is 0 Å². The van der Waals surface area contributed by atoms with E-state index in [1.165, 1.54) is 23.1 Å². The zero-order valence-corrected chi connectivity index (χ0v) is 18.4. The van der Waals surface area contributed by atoms with Gasteiger partial charge in [0.05, 0.1) is 22.3 Å². The number of fused-ring (bicyclic) bond motifs is 1. The second-order valence-corrected chi connectivity index (χ2v) is 8.56. The van der Waals surface area contributed by atoms with Gasteiger partial charge in [-0.25, -0.2) is 0 Å². The molecule has 2 aromatic rings. The van der Waals surface area contributed by atoms with Crippen molar-refractivity contribution in [2.24, 2.45) is 11.8 Å². The minimum atomic E-state index is -0.559. The van der Waals surface area contributed by atoms with Crippen molar-refractivity contribution in [2.45, 2.75) is 32.6 Å². The molecule has 2 aliphatic rings. The van der Waals surface area contributed by atoms with E-state index >= 15 is 0 Å². The number of likely N-dealkylation sites (tertiary alicyclic amines) is 1. The minimum Gasteiger partial charge on any atom is -0.383 e. The van der Waals surface area contributed by atoms with Crippen LogP contribution in [-0.4, -0.2) is 40.6 Å². The molecule has 9 nitrogen and oxygen atoms in total. The summed E-state index contributed by atoms with van der Waals surface area (Å²) in [4.78, 5) is 50.2. The average Bonchev–Trinajstić information content (AvgIpc) is 3.04. The van der Waals surface area contributed by atoms with Crippen LogP contribution >= 0.6 is 0 Å². The highest BCUT2D eigenvalue weighted by atomic mass is 16.6. The predicted molar refractivity (Wildman–Crippen MR) is 123 cm³/mol. The van der Waals surface area contributed by atoms with E-state index in [-0.39, 0.29) is 48.0 Å². The highest BCUT2D eigenvalue weighted by molar-refractivity contribution is 6.08. The largest absolute Gasteiger partial charge is 0.383 e. The first-order chi connectivity index (χ1) is 15.8. The van der Waals surface area contributed by atoms with Crippen LogP contribution in [0.25, 0.3) is 0 Å². The van der Waals surface area contributed by atoms with E-state index < -0.39 is 10.8 Å². The number of carbonyl (C=O) groups is 3. The lowest BCUT2D eigenvalue weighted by atomic mass is 9.81. The molecule has 2 atom stereocenters. The van der Waals surface area contributed by atoms with E-state index in [1.54, 1.807) is 18.2 Å². The summed E-state index contributed by atoms with van der Waals surface area (Å²) >= 11 is 0. The molecule has 1 aliphatic heterocycles. The fraction of sp³-hybridized carbons (Fsp3) is 0.375. The summed E-state index contributed by atoms with van der Waals surface area (Å²) in [5.74, 6) is -1.14. The normalized spacial score (nSPS) is 19.8. The fourth-order valence-corrected chi connectivity index (χ4v) is 4.66. The second kappa shape index (κ2) is 9.40. The Kier molecular flexibility index (Phi) is 6.39. The third-order valence-electron chi connectivity index (χ3n) is 6.32. The van der Waals surface area contributed by atoms with Crippen molar-refractivity contribution in [3.63, 3.8) is 0 Å². The van der Waals surface area contributed by atoms with Crippen LogP contribution in [0.15, 0.2) is 42.5 Å². The molecule has 1 aliphatic carbocycles. The van der Waals surface area contributed by atoms with Gasteiger partial charge in [0.15, 0.2) is 0 Å². The van der Waals surface area contributed by atoms with Gasteiger partial charge in [-0.1, -0.05) is 25.0 Å². The maximum absolute atomic E-state index is 12.9. The second-order valence-electron chi connectivity index (χ2n) is 8.56. The number of benzene rings is 2. The van der Waals surface area contributed by atoms with Crippen molar-refractivity contribution in [3.05, 3.63) is 63.7 Å². The van der Waals surface area contributed by atoms with Crippen molar-refractivity contribution < 1.29 is 19.3 Å². The van der Waals surface area contributed by atoms with Crippen molar-refractivity contribution in [3.8, 4) is 0 Å². The van der Waals surface area contributed by atoms with Crippen molar-refractivity contribution >= 4 is 34.8 Å². The molecule has 0 radical (unpaired) electrons. The highest BCUT2D eigenvalue weighted by Gasteiger charge is 2.47. The molecule has 2 N–H and O–H groups in total. The van der Waals surface area contributed by atoms with Gasteiger partial charge in [0.25, 0.3) is 11.6 Å². The van der Waals surface area contributed by atoms with E-state index in [9.17, 15) is 24.5 Å². The van der Waals surface area contributed by atoms with E-state index in [4.69, 9.17) is 0 Å². The quantitative estimate of drug-likeness (QED) is 0.376. The van der Waals surface area contributed by atoms with E-state index in [0.717, 1.165) is 31.2 Å². The number of nitro groups is 1. The number of hydrogen-bond acceptors (Lipinski definition) is 6. The zero-order valence-electron chi connectivity index (χ0n) is 18.4. The Balaban J connectivity index is 1.48. The Morgan fingerprint density at radius 2 is 1.79 bits per heavy atom. The zero-order chi connectivity index (χ0) is 23.5. The first-order valence-corrected chi connectivity index (χ1v) is 11.1. The lowest BCUT2D eigenvalue weighted by Crippen LogP contribution is -2.35. The fourth-order valence-electron chi connectivity index (χ4n) is 4.66. The number of nitro benzene ring substituents is 1. The maximum Gasteiger partial charge on any atom is 0.270 e. The number of aryl methyl sites for hydroxylation is 1. The van der Waals surface area contributed by atoms with E-state index in [1.807, 2.05) is 13.0 Å². The van der Waals surface area contributed by atoms with Crippen LogP contribution in [0.2, 0.25) is 0 Å². The molecule has 1 saturated heterocycles. The number of anilines is 2. The number of nitrogens with one attached hydrogen (secondary N) is 2. The average molecular weight is 450 g/mol. The number of nitrogens with zero attached hydrogens (tertiary/aromatic N) is 2. The van der Waals surface area contributed by atoms with Crippen molar-refractivity contribution in [2.75, 3.05) is 23.7 Å². The molecule has 1 saturated carbocycles. The molecule has 4 rings (SSSR count). The lowest BCUT2D eigenvalue weighted by Gasteiger charge is -2.19. The molecule has 1 heterocycles. The van der Waals surface area contributed by atoms with Gasteiger partial charge in [-0.2, -0.15) is 0 Å². The first kappa shape index (κ1) is 22.4. The summed E-state index contributed by atoms with van der Waals surface area (Å²) in [6.45, 7) is 2.31. The predicted octanol–water partition coefficient (Wildman–Crippen LogP) is 3.74. The van der Waals surface area contributed by atoms with E-state index in [0.29, 0.717) is 11.4 Å². The molecule has 0 bridgehead atoms. The molecular formula is C24H26N4O5. The van der Waals surface area contributed by atoms with E-state index in [2.05, 4.69) is 10.6 Å². The number of non-ortho nitro benzene ring substituents is 1. The van der Waals surface area contributed by atoms with Crippen LogP contribution in [0.4, 0.5) is 17.1 Å². The molecule has 33 heavy (non-hydrogen) atoms. The molecular weight excluding hydrogens is 424 g/mol. The van der Waals surface area contributed by atoms with Gasteiger partial charge in [-0.05, 0) is 43.5 Å². The first-order valence-electron chi connectivity index (χ1n) is 11.1. The van der Waals surface area contributed by atoms with Crippen LogP contribution in [0, 0.1) is 28.9 Å². The third kappa shape index (κ3) is 4.72.